The number of hydrogen-bond acceptors (Lipinski definition) is 5. The number of thioether (sulfide) groups is 1. The minimum atomic E-state index is -4.46. The second-order valence-electron chi connectivity index (χ2n) is 8.72. The molecule has 1 aromatic heterocycles. The lowest BCUT2D eigenvalue weighted by Gasteiger charge is -2.27. The number of carbonyl (C=O) groups is 3. The van der Waals surface area contributed by atoms with Gasteiger partial charge in [0.1, 0.15) is 17.2 Å². The highest BCUT2D eigenvalue weighted by molar-refractivity contribution is 8.00. The summed E-state index contributed by atoms with van der Waals surface area (Å²) in [6.07, 6.45) is 1.40. The number of amides is 5. The molecular formula is C25H21F4N5O3S. The van der Waals surface area contributed by atoms with Gasteiger partial charge in [-0.1, -0.05) is 12.1 Å². The number of rotatable bonds is 6. The summed E-state index contributed by atoms with van der Waals surface area (Å²) in [7, 11) is 0. The Morgan fingerprint density at radius 2 is 1.71 bits per heavy atom. The van der Waals surface area contributed by atoms with Gasteiger partial charge in [0.05, 0.1) is 11.4 Å². The summed E-state index contributed by atoms with van der Waals surface area (Å²) in [5.41, 5.74) is -5.07. The van der Waals surface area contributed by atoms with Crippen LogP contribution in [-0.2, 0) is 11.3 Å². The SMILES string of the molecule is CC1(C)C(=O)N(c2ccc(SC(F)(F)F)cc2)C(=O)N1Cc1ccnc(NC(=O)Nc2ccccc2F)c1. The standard InChI is InChI=1S/C25H21F4N5O3S/c1-24(2)21(35)34(16-7-9-17(10-8-16)38-25(27,28)29)23(37)33(24)14-15-11-12-30-20(13-15)32-22(36)31-19-6-4-3-5-18(19)26/h3-13H,14H2,1-2H3,(H2,30,31,32,36). The molecule has 0 atom stereocenters. The summed E-state index contributed by atoms with van der Waals surface area (Å²) in [6.45, 7) is 3.09. The van der Waals surface area contributed by atoms with Crippen molar-refractivity contribution in [2.45, 2.75) is 36.3 Å². The molecule has 8 nitrogen and oxygen atoms in total. The minimum absolute atomic E-state index is 0.0193. The molecule has 0 spiro atoms. The molecule has 0 bridgehead atoms. The van der Waals surface area contributed by atoms with Gasteiger partial charge in [-0.25, -0.2) is 23.9 Å². The number of para-hydroxylation sites is 1. The highest BCUT2D eigenvalue weighted by Gasteiger charge is 2.51. The maximum atomic E-state index is 13.8. The molecule has 2 aromatic carbocycles. The zero-order valence-electron chi connectivity index (χ0n) is 20.0. The van der Waals surface area contributed by atoms with E-state index in [1.807, 2.05) is 0 Å². The van der Waals surface area contributed by atoms with E-state index in [9.17, 15) is 31.9 Å². The number of nitrogens with zero attached hydrogens (tertiary/aromatic N) is 3. The van der Waals surface area contributed by atoms with Gasteiger partial charge in [0.25, 0.3) is 5.91 Å². The van der Waals surface area contributed by atoms with Gasteiger partial charge in [0, 0.05) is 17.6 Å². The molecule has 13 heteroatoms. The van der Waals surface area contributed by atoms with Crippen LogP contribution in [-0.4, -0.2) is 38.9 Å². The molecule has 5 amide bonds. The van der Waals surface area contributed by atoms with Crippen LogP contribution in [0.4, 0.5) is 44.3 Å². The van der Waals surface area contributed by atoms with Crippen molar-refractivity contribution < 1.29 is 31.9 Å². The average Bonchev–Trinajstić information content (AvgIpc) is 3.00. The summed E-state index contributed by atoms with van der Waals surface area (Å²) < 4.78 is 51.7. The number of alkyl halides is 3. The average molecular weight is 548 g/mol. The van der Waals surface area contributed by atoms with Crippen LogP contribution in [0, 0.1) is 5.82 Å². The van der Waals surface area contributed by atoms with Crippen LogP contribution in [0.25, 0.3) is 0 Å². The van der Waals surface area contributed by atoms with Gasteiger partial charge in [0.15, 0.2) is 0 Å². The van der Waals surface area contributed by atoms with Crippen molar-refractivity contribution >= 4 is 46.9 Å². The zero-order valence-corrected chi connectivity index (χ0v) is 20.9. The lowest BCUT2D eigenvalue weighted by atomic mass is 10.0. The molecule has 0 aliphatic carbocycles. The number of hydrogen-bond donors (Lipinski definition) is 2. The molecule has 2 N–H and O–H groups in total. The predicted molar refractivity (Wildman–Crippen MR) is 134 cm³/mol. The van der Waals surface area contributed by atoms with Crippen molar-refractivity contribution in [1.82, 2.24) is 9.88 Å². The van der Waals surface area contributed by atoms with Crippen molar-refractivity contribution in [3.8, 4) is 0 Å². The Morgan fingerprint density at radius 3 is 2.37 bits per heavy atom. The van der Waals surface area contributed by atoms with Gasteiger partial charge < -0.3 is 10.2 Å². The van der Waals surface area contributed by atoms with Gasteiger partial charge in [-0.3, -0.25) is 10.1 Å². The molecule has 1 fully saturated rings. The van der Waals surface area contributed by atoms with E-state index in [-0.39, 0.29) is 40.4 Å². The quantitative estimate of drug-likeness (QED) is 0.217. The molecule has 1 saturated heterocycles. The first kappa shape index (κ1) is 26.9. The molecule has 0 unspecified atom stereocenters. The fourth-order valence-electron chi connectivity index (χ4n) is 3.78. The number of carbonyl (C=O) groups excluding carboxylic acids is 3. The van der Waals surface area contributed by atoms with E-state index in [1.54, 1.807) is 26.0 Å². The molecule has 4 rings (SSSR count). The number of nitrogens with one attached hydrogen (secondary N) is 2. The molecule has 1 aliphatic rings. The first-order valence-electron chi connectivity index (χ1n) is 11.1. The third kappa shape index (κ3) is 5.88. The van der Waals surface area contributed by atoms with Gasteiger partial charge in [-0.05, 0) is 79.7 Å². The van der Waals surface area contributed by atoms with Crippen LogP contribution < -0.4 is 15.5 Å². The number of urea groups is 2. The fourth-order valence-corrected chi connectivity index (χ4v) is 4.32. The number of pyridine rings is 1. The third-order valence-electron chi connectivity index (χ3n) is 5.68. The monoisotopic (exact) mass is 547 g/mol. The lowest BCUT2D eigenvalue weighted by Crippen LogP contribution is -2.43. The highest BCUT2D eigenvalue weighted by Crippen LogP contribution is 2.39. The highest BCUT2D eigenvalue weighted by atomic mass is 32.2. The van der Waals surface area contributed by atoms with E-state index in [2.05, 4.69) is 15.6 Å². The molecule has 2 heterocycles. The molecule has 0 radical (unpaired) electrons. The summed E-state index contributed by atoms with van der Waals surface area (Å²) in [6, 6.07) is 12.3. The van der Waals surface area contributed by atoms with Crippen molar-refractivity contribution in [2.24, 2.45) is 0 Å². The number of halogens is 4. The molecule has 1 aliphatic heterocycles. The molecular weight excluding hydrogens is 526 g/mol. The number of benzene rings is 2. The van der Waals surface area contributed by atoms with Gasteiger partial charge in [-0.15, -0.1) is 0 Å². The molecule has 38 heavy (non-hydrogen) atoms. The fraction of sp³-hybridized carbons (Fsp3) is 0.200. The Bertz CT molecular complexity index is 1380. The first-order valence-corrected chi connectivity index (χ1v) is 12.0. The zero-order chi connectivity index (χ0) is 27.7. The van der Waals surface area contributed by atoms with Gasteiger partial charge in [-0.2, -0.15) is 13.2 Å². The molecule has 198 valence electrons. The first-order chi connectivity index (χ1) is 17.8. The van der Waals surface area contributed by atoms with E-state index in [0.717, 1.165) is 4.90 Å². The van der Waals surface area contributed by atoms with E-state index in [1.165, 1.54) is 59.6 Å². The Kier molecular flexibility index (Phi) is 7.31. The van der Waals surface area contributed by atoms with Gasteiger partial charge >= 0.3 is 17.6 Å². The maximum absolute atomic E-state index is 13.8. The predicted octanol–water partition coefficient (Wildman–Crippen LogP) is 6.22. The minimum Gasteiger partial charge on any atom is -0.305 e. The lowest BCUT2D eigenvalue weighted by molar-refractivity contribution is -0.123. The van der Waals surface area contributed by atoms with E-state index in [4.69, 9.17) is 0 Å². The number of anilines is 3. The third-order valence-corrected chi connectivity index (χ3v) is 6.42. The second kappa shape index (κ2) is 10.3. The number of aromatic nitrogens is 1. The van der Waals surface area contributed by atoms with E-state index in [0.29, 0.717) is 5.56 Å². The smallest absolute Gasteiger partial charge is 0.305 e. The molecule has 3 aromatic rings. The van der Waals surface area contributed by atoms with Crippen molar-refractivity contribution in [3.63, 3.8) is 0 Å². The van der Waals surface area contributed by atoms with Crippen LogP contribution >= 0.6 is 11.8 Å². The normalized spacial score (nSPS) is 15.1. The van der Waals surface area contributed by atoms with E-state index < -0.39 is 34.8 Å². The maximum Gasteiger partial charge on any atom is 0.446 e. The van der Waals surface area contributed by atoms with Crippen LogP contribution in [0.15, 0.2) is 71.8 Å². The van der Waals surface area contributed by atoms with E-state index >= 15 is 0 Å². The summed E-state index contributed by atoms with van der Waals surface area (Å²) in [5.74, 6) is -1.03. The van der Waals surface area contributed by atoms with Crippen LogP contribution in [0.2, 0.25) is 0 Å². The van der Waals surface area contributed by atoms with Crippen LogP contribution in [0.1, 0.15) is 19.4 Å². The summed E-state index contributed by atoms with van der Waals surface area (Å²) >= 11 is -0.296. The Morgan fingerprint density at radius 1 is 1.03 bits per heavy atom. The van der Waals surface area contributed by atoms with Crippen molar-refractivity contribution in [3.05, 3.63) is 78.2 Å². The largest absolute Gasteiger partial charge is 0.446 e. The van der Waals surface area contributed by atoms with Crippen molar-refractivity contribution in [2.75, 3.05) is 15.5 Å². The Labute approximate surface area is 219 Å². The summed E-state index contributed by atoms with van der Waals surface area (Å²) in [4.78, 5) is 44.9. The van der Waals surface area contributed by atoms with Crippen molar-refractivity contribution in [1.29, 1.82) is 0 Å². The van der Waals surface area contributed by atoms with Crippen LogP contribution in [0.3, 0.4) is 0 Å². The Balaban J connectivity index is 1.48. The Hall–Kier alpha value is -4.13. The second-order valence-corrected chi connectivity index (χ2v) is 9.86. The van der Waals surface area contributed by atoms with Gasteiger partial charge in [0.2, 0.25) is 0 Å². The van der Waals surface area contributed by atoms with Crippen LogP contribution in [0.5, 0.6) is 0 Å². The summed E-state index contributed by atoms with van der Waals surface area (Å²) in [5, 5.41) is 4.86. The number of imide groups is 1. The topological polar surface area (TPSA) is 94.6 Å². The molecule has 0 saturated carbocycles.